The first-order valence-corrected chi connectivity index (χ1v) is 4.45. The number of hydrogen-bond acceptors (Lipinski definition) is 1. The maximum absolute atomic E-state index is 9.67. The van der Waals surface area contributed by atoms with Gasteiger partial charge in [0.15, 0.2) is 0 Å². The number of hydrogen-bond donors (Lipinski definition) is 1. The van der Waals surface area contributed by atoms with Gasteiger partial charge in [-0.2, -0.15) is 0 Å². The van der Waals surface area contributed by atoms with Crippen LogP contribution >= 0.6 is 0 Å². The summed E-state index contributed by atoms with van der Waals surface area (Å²) in [6.07, 6.45) is 6.93. The second-order valence-corrected chi connectivity index (χ2v) is 3.45. The van der Waals surface area contributed by atoms with Gasteiger partial charge in [0.05, 0.1) is 5.60 Å². The molecule has 0 aliphatic heterocycles. The third-order valence-corrected chi connectivity index (χ3v) is 1.90. The Hall–Kier alpha value is -0.300. The van der Waals surface area contributed by atoms with Crippen LogP contribution in [0.15, 0.2) is 12.7 Å². The first-order valence-electron chi connectivity index (χ1n) is 4.45. The highest BCUT2D eigenvalue weighted by molar-refractivity contribution is 4.82. The second kappa shape index (κ2) is 5.36. The normalized spacial score (nSPS) is 15.9. The summed E-state index contributed by atoms with van der Waals surface area (Å²) < 4.78 is 0. The van der Waals surface area contributed by atoms with E-state index in [4.69, 9.17) is 0 Å². The van der Waals surface area contributed by atoms with Crippen molar-refractivity contribution in [1.82, 2.24) is 0 Å². The molecule has 0 saturated heterocycles. The molecule has 0 aromatic heterocycles. The molecule has 66 valence electrons. The van der Waals surface area contributed by atoms with Crippen molar-refractivity contribution in [2.75, 3.05) is 0 Å². The predicted octanol–water partition coefficient (Wildman–Crippen LogP) is 2.89. The van der Waals surface area contributed by atoms with Crippen molar-refractivity contribution in [3.63, 3.8) is 0 Å². The molecule has 0 bridgehead atoms. The van der Waals surface area contributed by atoms with Crippen LogP contribution in [0.1, 0.15) is 46.0 Å². The monoisotopic (exact) mass is 156 g/mol. The van der Waals surface area contributed by atoms with Gasteiger partial charge in [0, 0.05) is 0 Å². The second-order valence-electron chi connectivity index (χ2n) is 3.45. The van der Waals surface area contributed by atoms with E-state index in [-0.39, 0.29) is 0 Å². The van der Waals surface area contributed by atoms with Gasteiger partial charge in [-0.1, -0.05) is 32.3 Å². The molecule has 0 aliphatic carbocycles. The van der Waals surface area contributed by atoms with Crippen LogP contribution in [0.3, 0.4) is 0 Å². The number of unbranched alkanes of at least 4 members (excludes halogenated alkanes) is 2. The van der Waals surface area contributed by atoms with Crippen LogP contribution in [0.2, 0.25) is 0 Å². The highest BCUT2D eigenvalue weighted by Crippen LogP contribution is 2.18. The summed E-state index contributed by atoms with van der Waals surface area (Å²) in [5, 5.41) is 9.67. The summed E-state index contributed by atoms with van der Waals surface area (Å²) in [5.74, 6) is 0. The van der Waals surface area contributed by atoms with Crippen molar-refractivity contribution in [3.05, 3.63) is 12.7 Å². The van der Waals surface area contributed by atoms with Crippen molar-refractivity contribution >= 4 is 0 Å². The minimum Gasteiger partial charge on any atom is -0.390 e. The Morgan fingerprint density at radius 1 is 1.45 bits per heavy atom. The van der Waals surface area contributed by atoms with Crippen LogP contribution in [-0.4, -0.2) is 10.7 Å². The molecule has 11 heavy (non-hydrogen) atoms. The van der Waals surface area contributed by atoms with Crippen molar-refractivity contribution < 1.29 is 5.11 Å². The molecule has 0 aromatic rings. The van der Waals surface area contributed by atoms with Gasteiger partial charge in [0.1, 0.15) is 0 Å². The van der Waals surface area contributed by atoms with E-state index in [0.717, 1.165) is 12.8 Å². The summed E-state index contributed by atoms with van der Waals surface area (Å²) in [5.41, 5.74) is -0.517. The smallest absolute Gasteiger partial charge is 0.0653 e. The molecule has 0 radical (unpaired) electrons. The van der Waals surface area contributed by atoms with Crippen LogP contribution in [0, 0.1) is 0 Å². The molecule has 1 N–H and O–H groups in total. The van der Waals surface area contributed by atoms with Crippen LogP contribution in [0.5, 0.6) is 0 Å². The van der Waals surface area contributed by atoms with Gasteiger partial charge >= 0.3 is 0 Å². The molecule has 1 heteroatoms. The van der Waals surface area contributed by atoms with E-state index in [9.17, 15) is 5.11 Å². The van der Waals surface area contributed by atoms with Gasteiger partial charge in [-0.25, -0.2) is 0 Å². The Kier molecular flexibility index (Phi) is 5.22. The molecule has 0 heterocycles. The largest absolute Gasteiger partial charge is 0.390 e. The molecule has 0 unspecified atom stereocenters. The molecule has 0 spiro atoms. The highest BCUT2D eigenvalue weighted by Gasteiger charge is 2.16. The minimum absolute atomic E-state index is 0.517. The van der Waals surface area contributed by atoms with Crippen molar-refractivity contribution in [1.29, 1.82) is 0 Å². The lowest BCUT2D eigenvalue weighted by atomic mass is 9.95. The molecule has 0 aromatic carbocycles. The summed E-state index contributed by atoms with van der Waals surface area (Å²) in [6.45, 7) is 7.66. The zero-order valence-corrected chi connectivity index (χ0v) is 7.77. The fraction of sp³-hybridized carbons (Fsp3) is 0.800. The molecule has 1 nitrogen and oxygen atoms in total. The van der Waals surface area contributed by atoms with Crippen LogP contribution in [0.25, 0.3) is 0 Å². The standard InChI is InChI=1S/C10H20O/c1-4-6-7-9-10(3,11)8-5-2/h5,11H,2,4,6-9H2,1,3H3/t10-/m0/s1. The summed E-state index contributed by atoms with van der Waals surface area (Å²) in [4.78, 5) is 0. The molecule has 0 amide bonds. The fourth-order valence-corrected chi connectivity index (χ4v) is 1.17. The van der Waals surface area contributed by atoms with E-state index < -0.39 is 5.60 Å². The average Bonchev–Trinajstić information content (AvgIpc) is 1.87. The molecule has 0 aliphatic rings. The topological polar surface area (TPSA) is 20.2 Å². The van der Waals surface area contributed by atoms with Gasteiger partial charge in [-0.05, 0) is 19.8 Å². The minimum atomic E-state index is -0.517. The van der Waals surface area contributed by atoms with Crippen molar-refractivity contribution in [2.45, 2.75) is 51.6 Å². The fourth-order valence-electron chi connectivity index (χ4n) is 1.17. The lowest BCUT2D eigenvalue weighted by molar-refractivity contribution is 0.0514. The molecule has 0 rings (SSSR count). The molecular weight excluding hydrogens is 136 g/mol. The van der Waals surface area contributed by atoms with Gasteiger partial charge in [-0.3, -0.25) is 0 Å². The Balaban J connectivity index is 3.45. The molecular formula is C10H20O. The third-order valence-electron chi connectivity index (χ3n) is 1.90. The maximum Gasteiger partial charge on any atom is 0.0653 e. The summed E-state index contributed by atoms with van der Waals surface area (Å²) >= 11 is 0. The van der Waals surface area contributed by atoms with Gasteiger partial charge in [-0.15, -0.1) is 6.58 Å². The van der Waals surface area contributed by atoms with E-state index in [1.807, 2.05) is 6.92 Å². The zero-order valence-electron chi connectivity index (χ0n) is 7.77. The van der Waals surface area contributed by atoms with E-state index in [1.54, 1.807) is 6.08 Å². The predicted molar refractivity (Wildman–Crippen MR) is 49.6 cm³/mol. The maximum atomic E-state index is 9.67. The number of aliphatic hydroxyl groups is 1. The van der Waals surface area contributed by atoms with E-state index in [1.165, 1.54) is 12.8 Å². The Morgan fingerprint density at radius 2 is 2.09 bits per heavy atom. The SMILES string of the molecule is C=CC[C@](C)(O)CCCCC. The van der Waals surface area contributed by atoms with Gasteiger partial charge in [0.2, 0.25) is 0 Å². The van der Waals surface area contributed by atoms with Crippen LogP contribution in [-0.2, 0) is 0 Å². The van der Waals surface area contributed by atoms with Crippen LogP contribution in [0.4, 0.5) is 0 Å². The van der Waals surface area contributed by atoms with E-state index in [0.29, 0.717) is 6.42 Å². The Morgan fingerprint density at radius 3 is 2.55 bits per heavy atom. The Labute approximate surface area is 70.1 Å². The third kappa shape index (κ3) is 6.11. The van der Waals surface area contributed by atoms with Crippen LogP contribution < -0.4 is 0 Å². The van der Waals surface area contributed by atoms with Gasteiger partial charge < -0.3 is 5.11 Å². The molecule has 0 fully saturated rings. The van der Waals surface area contributed by atoms with E-state index >= 15 is 0 Å². The first kappa shape index (κ1) is 10.7. The van der Waals surface area contributed by atoms with Crippen molar-refractivity contribution in [2.24, 2.45) is 0 Å². The lowest BCUT2D eigenvalue weighted by Crippen LogP contribution is -2.22. The number of rotatable bonds is 6. The summed E-state index contributed by atoms with van der Waals surface area (Å²) in [7, 11) is 0. The summed E-state index contributed by atoms with van der Waals surface area (Å²) in [6, 6.07) is 0. The zero-order chi connectivity index (χ0) is 8.74. The molecule has 1 atom stereocenters. The van der Waals surface area contributed by atoms with Crippen molar-refractivity contribution in [3.8, 4) is 0 Å². The Bertz CT molecular complexity index is 105. The first-order chi connectivity index (χ1) is 5.12. The van der Waals surface area contributed by atoms with E-state index in [2.05, 4.69) is 13.5 Å². The average molecular weight is 156 g/mol. The lowest BCUT2D eigenvalue weighted by Gasteiger charge is -2.20. The quantitative estimate of drug-likeness (QED) is 0.463. The molecule has 0 saturated carbocycles. The highest BCUT2D eigenvalue weighted by atomic mass is 16.3. The van der Waals surface area contributed by atoms with Gasteiger partial charge in [0.25, 0.3) is 0 Å².